The summed E-state index contributed by atoms with van der Waals surface area (Å²) in [5.74, 6) is 0.885. The van der Waals surface area contributed by atoms with Crippen LogP contribution < -0.4 is 5.73 Å². The SMILES string of the molecule is Nc1ncccc1-c1nc2ccc(-c3ccc(C(F)F)nc3)nc2n1-c1ccc(CO)cc1. The van der Waals surface area contributed by atoms with Crippen molar-refractivity contribution in [2.24, 2.45) is 0 Å². The number of benzene rings is 1. The Labute approximate surface area is 187 Å². The highest BCUT2D eigenvalue weighted by Gasteiger charge is 2.19. The Morgan fingerprint density at radius 1 is 0.939 bits per heavy atom. The second kappa shape index (κ2) is 8.36. The zero-order valence-corrected chi connectivity index (χ0v) is 17.2. The van der Waals surface area contributed by atoms with Crippen LogP contribution in [0.3, 0.4) is 0 Å². The van der Waals surface area contributed by atoms with Crippen molar-refractivity contribution in [3.8, 4) is 28.3 Å². The van der Waals surface area contributed by atoms with Crippen LogP contribution in [-0.2, 0) is 6.61 Å². The molecule has 33 heavy (non-hydrogen) atoms. The van der Waals surface area contributed by atoms with Crippen molar-refractivity contribution in [1.29, 1.82) is 0 Å². The van der Waals surface area contributed by atoms with Crippen LogP contribution >= 0.6 is 0 Å². The normalized spacial score (nSPS) is 11.4. The standard InChI is InChI=1S/C24H18F2N6O/c25-21(26)19-8-5-15(12-29-19)18-9-10-20-24(30-18)32(16-6-3-14(13-33)4-7-16)23(31-20)17-2-1-11-28-22(17)27/h1-12,21,33H,13H2,(H2,27,28). The summed E-state index contributed by atoms with van der Waals surface area (Å²) in [7, 11) is 0. The van der Waals surface area contributed by atoms with Crippen molar-refractivity contribution in [1.82, 2.24) is 24.5 Å². The molecule has 164 valence electrons. The average molecular weight is 444 g/mol. The smallest absolute Gasteiger partial charge is 0.280 e. The van der Waals surface area contributed by atoms with Crippen LogP contribution in [0.2, 0.25) is 0 Å². The molecule has 0 unspecified atom stereocenters. The molecule has 0 bridgehead atoms. The van der Waals surface area contributed by atoms with E-state index >= 15 is 0 Å². The van der Waals surface area contributed by atoms with E-state index in [9.17, 15) is 13.9 Å². The van der Waals surface area contributed by atoms with Gasteiger partial charge >= 0.3 is 0 Å². The lowest BCUT2D eigenvalue weighted by atomic mass is 10.1. The number of pyridine rings is 3. The zero-order chi connectivity index (χ0) is 22.9. The summed E-state index contributed by atoms with van der Waals surface area (Å²) in [6.45, 7) is -0.0720. The van der Waals surface area contributed by atoms with E-state index in [4.69, 9.17) is 15.7 Å². The van der Waals surface area contributed by atoms with Crippen molar-refractivity contribution in [3.05, 3.63) is 84.3 Å². The van der Waals surface area contributed by atoms with Gasteiger partial charge in [0, 0.05) is 23.6 Å². The van der Waals surface area contributed by atoms with Crippen LogP contribution in [0.15, 0.2) is 73.1 Å². The van der Waals surface area contributed by atoms with E-state index in [-0.39, 0.29) is 12.3 Å². The Morgan fingerprint density at radius 3 is 2.42 bits per heavy atom. The van der Waals surface area contributed by atoms with Gasteiger partial charge in [0.15, 0.2) is 11.5 Å². The minimum Gasteiger partial charge on any atom is -0.392 e. The van der Waals surface area contributed by atoms with Gasteiger partial charge in [-0.05, 0) is 54.1 Å². The van der Waals surface area contributed by atoms with Crippen molar-refractivity contribution >= 4 is 17.0 Å². The van der Waals surface area contributed by atoms with Gasteiger partial charge in [-0.25, -0.2) is 23.7 Å². The Hall–Kier alpha value is -4.24. The second-order valence-corrected chi connectivity index (χ2v) is 7.34. The number of hydrogen-bond acceptors (Lipinski definition) is 6. The maximum atomic E-state index is 12.9. The number of nitrogen functional groups attached to an aromatic ring is 1. The third kappa shape index (κ3) is 3.79. The third-order valence-corrected chi connectivity index (χ3v) is 5.27. The molecule has 0 saturated heterocycles. The molecule has 0 fully saturated rings. The molecule has 4 heterocycles. The molecule has 1 aromatic carbocycles. The summed E-state index contributed by atoms with van der Waals surface area (Å²) in [6.07, 6.45) is 0.353. The predicted octanol–water partition coefficient (Wildman–Crippen LogP) is 4.56. The Bertz CT molecular complexity index is 1430. The lowest BCUT2D eigenvalue weighted by Crippen LogP contribution is -2.02. The van der Waals surface area contributed by atoms with E-state index in [2.05, 4.69) is 9.97 Å². The van der Waals surface area contributed by atoms with Crippen LogP contribution in [0.4, 0.5) is 14.6 Å². The van der Waals surface area contributed by atoms with Gasteiger partial charge in [-0.2, -0.15) is 0 Å². The zero-order valence-electron chi connectivity index (χ0n) is 17.2. The highest BCUT2D eigenvalue weighted by Crippen LogP contribution is 2.32. The summed E-state index contributed by atoms with van der Waals surface area (Å²) in [5, 5.41) is 9.41. The molecule has 0 spiro atoms. The number of halogens is 2. The number of rotatable bonds is 5. The molecule has 0 aliphatic carbocycles. The molecule has 0 aliphatic rings. The van der Waals surface area contributed by atoms with Crippen LogP contribution in [0.5, 0.6) is 0 Å². The monoisotopic (exact) mass is 444 g/mol. The Kier molecular flexibility index (Phi) is 5.23. The first-order chi connectivity index (χ1) is 16.0. The van der Waals surface area contributed by atoms with Crippen molar-refractivity contribution in [2.75, 3.05) is 5.73 Å². The topological polar surface area (TPSA) is 103 Å². The van der Waals surface area contributed by atoms with Crippen molar-refractivity contribution in [3.63, 3.8) is 0 Å². The molecule has 5 rings (SSSR count). The number of aliphatic hydroxyl groups excluding tert-OH is 1. The number of fused-ring (bicyclic) bond motifs is 1. The van der Waals surface area contributed by atoms with E-state index in [1.54, 1.807) is 24.4 Å². The molecule has 0 atom stereocenters. The summed E-state index contributed by atoms with van der Waals surface area (Å²) in [6, 6.07) is 17.4. The molecular formula is C24H18F2N6O. The molecule has 0 aliphatic heterocycles. The summed E-state index contributed by atoms with van der Waals surface area (Å²) >= 11 is 0. The molecule has 0 amide bonds. The summed E-state index contributed by atoms with van der Waals surface area (Å²) in [4.78, 5) is 17.5. The molecule has 9 heteroatoms. The van der Waals surface area contributed by atoms with Gasteiger partial charge in [-0.1, -0.05) is 12.1 Å². The molecular weight excluding hydrogens is 426 g/mol. The van der Waals surface area contributed by atoms with Crippen LogP contribution in [0, 0.1) is 0 Å². The first-order valence-electron chi connectivity index (χ1n) is 10.1. The molecule has 3 N–H and O–H groups in total. The lowest BCUT2D eigenvalue weighted by molar-refractivity contribution is 0.146. The third-order valence-electron chi connectivity index (χ3n) is 5.27. The maximum Gasteiger partial charge on any atom is 0.280 e. The summed E-state index contributed by atoms with van der Waals surface area (Å²) in [5.41, 5.74) is 10.4. The Balaban J connectivity index is 1.72. The van der Waals surface area contributed by atoms with E-state index < -0.39 is 6.43 Å². The van der Waals surface area contributed by atoms with Gasteiger partial charge in [0.25, 0.3) is 6.43 Å². The lowest BCUT2D eigenvalue weighted by Gasteiger charge is -2.11. The molecule has 4 aromatic heterocycles. The average Bonchev–Trinajstić information content (AvgIpc) is 3.23. The summed E-state index contributed by atoms with van der Waals surface area (Å²) < 4.78 is 27.6. The minimum atomic E-state index is -2.63. The van der Waals surface area contributed by atoms with E-state index in [0.29, 0.717) is 39.6 Å². The molecule has 7 nitrogen and oxygen atoms in total. The van der Waals surface area contributed by atoms with E-state index in [0.717, 1.165) is 11.3 Å². The highest BCUT2D eigenvalue weighted by atomic mass is 19.3. The number of aromatic nitrogens is 5. The number of hydrogen-bond donors (Lipinski definition) is 2. The van der Waals surface area contributed by atoms with Crippen LogP contribution in [0.1, 0.15) is 17.7 Å². The first-order valence-corrected chi connectivity index (χ1v) is 10.1. The molecule has 0 saturated carbocycles. The molecule has 5 aromatic rings. The van der Waals surface area contributed by atoms with Gasteiger partial charge in [0.1, 0.15) is 17.0 Å². The van der Waals surface area contributed by atoms with Gasteiger partial charge in [-0.3, -0.25) is 9.55 Å². The van der Waals surface area contributed by atoms with Crippen molar-refractivity contribution < 1.29 is 13.9 Å². The van der Waals surface area contributed by atoms with Crippen molar-refractivity contribution in [2.45, 2.75) is 13.0 Å². The van der Waals surface area contributed by atoms with Gasteiger partial charge in [0.2, 0.25) is 0 Å². The number of imidazole rings is 1. The Morgan fingerprint density at radius 2 is 1.76 bits per heavy atom. The first kappa shape index (κ1) is 20.7. The quantitative estimate of drug-likeness (QED) is 0.412. The second-order valence-electron chi connectivity index (χ2n) is 7.34. The maximum absolute atomic E-state index is 12.9. The predicted molar refractivity (Wildman–Crippen MR) is 121 cm³/mol. The largest absolute Gasteiger partial charge is 0.392 e. The number of nitrogens with zero attached hydrogens (tertiary/aromatic N) is 5. The number of aliphatic hydroxyl groups is 1. The van der Waals surface area contributed by atoms with E-state index in [1.807, 2.05) is 41.0 Å². The molecule has 0 radical (unpaired) electrons. The number of anilines is 1. The van der Waals surface area contributed by atoms with Gasteiger partial charge in [-0.15, -0.1) is 0 Å². The van der Waals surface area contributed by atoms with Crippen LogP contribution in [0.25, 0.3) is 39.5 Å². The fourth-order valence-corrected chi connectivity index (χ4v) is 3.59. The minimum absolute atomic E-state index is 0.0720. The fraction of sp³-hybridized carbons (Fsp3) is 0.0833. The fourth-order valence-electron chi connectivity index (χ4n) is 3.59. The van der Waals surface area contributed by atoms with Gasteiger partial charge in [0.05, 0.1) is 17.9 Å². The van der Waals surface area contributed by atoms with E-state index in [1.165, 1.54) is 12.3 Å². The van der Waals surface area contributed by atoms with Gasteiger partial charge < -0.3 is 10.8 Å². The number of alkyl halides is 2. The highest BCUT2D eigenvalue weighted by molar-refractivity contribution is 5.84. The number of nitrogens with two attached hydrogens (primary N) is 1. The van der Waals surface area contributed by atoms with Crippen LogP contribution in [-0.4, -0.2) is 29.6 Å².